The summed E-state index contributed by atoms with van der Waals surface area (Å²) in [5.74, 6) is 0.566. The molecule has 1 aliphatic heterocycles. The number of aryl methyl sites for hydroxylation is 1. The van der Waals surface area contributed by atoms with Gasteiger partial charge in [0.15, 0.2) is 0 Å². The molecule has 1 aromatic rings. The van der Waals surface area contributed by atoms with Crippen LogP contribution < -0.4 is 5.73 Å². The summed E-state index contributed by atoms with van der Waals surface area (Å²) in [5.41, 5.74) is 7.33. The smallest absolute Gasteiger partial charge is 0.225 e. The molecule has 1 aromatic carbocycles. The zero-order valence-electron chi connectivity index (χ0n) is 12.7. The summed E-state index contributed by atoms with van der Waals surface area (Å²) in [5, 5.41) is 0. The van der Waals surface area contributed by atoms with Crippen LogP contribution in [0.15, 0.2) is 30.3 Å². The van der Waals surface area contributed by atoms with Crippen molar-refractivity contribution in [3.05, 3.63) is 35.9 Å². The van der Waals surface area contributed by atoms with Gasteiger partial charge in [-0.2, -0.15) is 0 Å². The molecule has 2 fully saturated rings. The molecule has 1 saturated heterocycles. The van der Waals surface area contributed by atoms with Gasteiger partial charge in [0.25, 0.3) is 0 Å². The van der Waals surface area contributed by atoms with Crippen molar-refractivity contribution in [3.63, 3.8) is 0 Å². The maximum atomic E-state index is 12.7. The molecule has 1 amide bonds. The first-order chi connectivity index (χ1) is 10.2. The van der Waals surface area contributed by atoms with E-state index in [1.54, 1.807) is 0 Å². The van der Waals surface area contributed by atoms with Gasteiger partial charge in [-0.05, 0) is 50.5 Å². The molecule has 3 atom stereocenters. The fourth-order valence-corrected chi connectivity index (χ4v) is 3.88. The molecule has 21 heavy (non-hydrogen) atoms. The lowest BCUT2D eigenvalue weighted by atomic mass is 10.0. The summed E-state index contributed by atoms with van der Waals surface area (Å²) >= 11 is 0. The predicted molar refractivity (Wildman–Crippen MR) is 84.8 cm³/mol. The summed E-state index contributed by atoms with van der Waals surface area (Å²) in [6.07, 6.45) is 7.37. The van der Waals surface area contributed by atoms with Gasteiger partial charge in [0, 0.05) is 24.5 Å². The Morgan fingerprint density at radius 1 is 1.19 bits per heavy atom. The van der Waals surface area contributed by atoms with Crippen LogP contribution >= 0.6 is 0 Å². The van der Waals surface area contributed by atoms with Crippen molar-refractivity contribution < 1.29 is 4.79 Å². The molecule has 0 radical (unpaired) electrons. The molecule has 3 rings (SSSR count). The second-order valence-corrected chi connectivity index (χ2v) is 6.62. The van der Waals surface area contributed by atoms with Gasteiger partial charge < -0.3 is 10.6 Å². The minimum atomic E-state index is 0.192. The lowest BCUT2D eigenvalue weighted by Crippen LogP contribution is -2.39. The van der Waals surface area contributed by atoms with Crippen LogP contribution in [0.4, 0.5) is 0 Å². The average Bonchev–Trinajstić information content (AvgIpc) is 3.14. The molecule has 0 bridgehead atoms. The zero-order valence-corrected chi connectivity index (χ0v) is 12.7. The minimum Gasteiger partial charge on any atom is -0.339 e. The standard InChI is InChI=1S/C18H26N2O/c19-16-10-9-15(13-16)18(21)20-12-4-7-17(20)11-8-14-5-2-1-3-6-14/h1-3,5-6,15-17H,4,7-13,19H2/t15-,16-,17-/m1/s1. The van der Waals surface area contributed by atoms with Gasteiger partial charge in [-0.1, -0.05) is 30.3 Å². The Hall–Kier alpha value is -1.35. The maximum Gasteiger partial charge on any atom is 0.225 e. The van der Waals surface area contributed by atoms with Crippen molar-refractivity contribution in [1.29, 1.82) is 0 Å². The van der Waals surface area contributed by atoms with E-state index in [-0.39, 0.29) is 12.0 Å². The highest BCUT2D eigenvalue weighted by Crippen LogP contribution is 2.30. The van der Waals surface area contributed by atoms with E-state index in [9.17, 15) is 4.79 Å². The summed E-state index contributed by atoms with van der Waals surface area (Å²) in [6.45, 7) is 0.948. The van der Waals surface area contributed by atoms with Crippen molar-refractivity contribution in [2.75, 3.05) is 6.54 Å². The van der Waals surface area contributed by atoms with Gasteiger partial charge in [-0.3, -0.25) is 4.79 Å². The Bertz CT molecular complexity index is 473. The Morgan fingerprint density at radius 3 is 2.71 bits per heavy atom. The number of likely N-dealkylation sites (tertiary alicyclic amines) is 1. The molecule has 1 saturated carbocycles. The second kappa shape index (κ2) is 6.61. The van der Waals surface area contributed by atoms with Crippen LogP contribution in [0.25, 0.3) is 0 Å². The van der Waals surface area contributed by atoms with Gasteiger partial charge in [0.05, 0.1) is 0 Å². The zero-order chi connectivity index (χ0) is 14.7. The number of nitrogens with two attached hydrogens (primary N) is 1. The minimum absolute atomic E-state index is 0.192. The third-order valence-electron chi connectivity index (χ3n) is 5.09. The van der Waals surface area contributed by atoms with E-state index in [4.69, 9.17) is 5.73 Å². The van der Waals surface area contributed by atoms with Crippen LogP contribution in [0.2, 0.25) is 0 Å². The van der Waals surface area contributed by atoms with Crippen molar-refractivity contribution in [1.82, 2.24) is 4.90 Å². The number of rotatable bonds is 4. The van der Waals surface area contributed by atoms with E-state index in [1.807, 2.05) is 0 Å². The summed E-state index contributed by atoms with van der Waals surface area (Å²) < 4.78 is 0. The largest absolute Gasteiger partial charge is 0.339 e. The predicted octanol–water partition coefficient (Wildman–Crippen LogP) is 2.74. The monoisotopic (exact) mass is 286 g/mol. The number of benzene rings is 1. The maximum absolute atomic E-state index is 12.7. The molecule has 0 spiro atoms. The highest BCUT2D eigenvalue weighted by molar-refractivity contribution is 5.79. The third kappa shape index (κ3) is 3.46. The first-order valence-corrected chi connectivity index (χ1v) is 8.34. The number of hydrogen-bond donors (Lipinski definition) is 1. The molecular formula is C18H26N2O. The van der Waals surface area contributed by atoms with Gasteiger partial charge in [-0.25, -0.2) is 0 Å². The molecule has 3 nitrogen and oxygen atoms in total. The lowest BCUT2D eigenvalue weighted by Gasteiger charge is -2.27. The molecule has 114 valence electrons. The molecular weight excluding hydrogens is 260 g/mol. The molecule has 1 aliphatic carbocycles. The number of nitrogens with zero attached hydrogens (tertiary/aromatic N) is 1. The highest BCUT2D eigenvalue weighted by Gasteiger charge is 2.35. The SMILES string of the molecule is N[C@@H]1CC[C@@H](C(=O)N2CCC[C@@H]2CCc2ccccc2)C1. The Balaban J connectivity index is 1.56. The van der Waals surface area contributed by atoms with Crippen LogP contribution in [0.5, 0.6) is 0 Å². The van der Waals surface area contributed by atoms with E-state index in [0.29, 0.717) is 11.9 Å². The molecule has 2 N–H and O–H groups in total. The van der Waals surface area contributed by atoms with E-state index in [0.717, 1.165) is 51.5 Å². The van der Waals surface area contributed by atoms with Crippen molar-refractivity contribution in [2.24, 2.45) is 11.7 Å². The van der Waals surface area contributed by atoms with Crippen LogP contribution in [-0.2, 0) is 11.2 Å². The van der Waals surface area contributed by atoms with E-state index < -0.39 is 0 Å². The number of carbonyl (C=O) groups excluding carboxylic acids is 1. The van der Waals surface area contributed by atoms with Crippen LogP contribution in [-0.4, -0.2) is 29.4 Å². The third-order valence-corrected chi connectivity index (χ3v) is 5.09. The summed E-state index contributed by atoms with van der Waals surface area (Å²) in [4.78, 5) is 14.8. The van der Waals surface area contributed by atoms with Gasteiger partial charge in [0.1, 0.15) is 0 Å². The number of amides is 1. The van der Waals surface area contributed by atoms with Crippen LogP contribution in [0.3, 0.4) is 0 Å². The first-order valence-electron chi connectivity index (χ1n) is 8.34. The number of carbonyl (C=O) groups is 1. The fraction of sp³-hybridized carbons (Fsp3) is 0.611. The van der Waals surface area contributed by atoms with E-state index in [2.05, 4.69) is 35.2 Å². The molecule has 0 unspecified atom stereocenters. The summed E-state index contributed by atoms with van der Waals surface area (Å²) in [6, 6.07) is 11.3. The summed E-state index contributed by atoms with van der Waals surface area (Å²) in [7, 11) is 0. The topological polar surface area (TPSA) is 46.3 Å². The van der Waals surface area contributed by atoms with Crippen molar-refractivity contribution >= 4 is 5.91 Å². The Labute approximate surface area is 127 Å². The quantitative estimate of drug-likeness (QED) is 0.925. The average molecular weight is 286 g/mol. The molecule has 1 heterocycles. The second-order valence-electron chi connectivity index (χ2n) is 6.62. The van der Waals surface area contributed by atoms with Gasteiger partial charge in [0.2, 0.25) is 5.91 Å². The first kappa shape index (κ1) is 14.6. The number of hydrogen-bond acceptors (Lipinski definition) is 2. The molecule has 3 heteroatoms. The Morgan fingerprint density at radius 2 is 2.00 bits per heavy atom. The Kier molecular flexibility index (Phi) is 4.59. The molecule has 2 aliphatic rings. The van der Waals surface area contributed by atoms with Gasteiger partial charge in [-0.15, -0.1) is 0 Å². The van der Waals surface area contributed by atoms with Crippen molar-refractivity contribution in [3.8, 4) is 0 Å². The van der Waals surface area contributed by atoms with Gasteiger partial charge >= 0.3 is 0 Å². The lowest BCUT2D eigenvalue weighted by molar-refractivity contribution is -0.136. The fourth-order valence-electron chi connectivity index (χ4n) is 3.88. The van der Waals surface area contributed by atoms with Crippen LogP contribution in [0, 0.1) is 5.92 Å². The normalized spacial score (nSPS) is 29.0. The van der Waals surface area contributed by atoms with Crippen molar-refractivity contribution in [2.45, 2.75) is 57.0 Å². The van der Waals surface area contributed by atoms with Crippen LogP contribution in [0.1, 0.15) is 44.1 Å². The highest BCUT2D eigenvalue weighted by atomic mass is 16.2. The van der Waals surface area contributed by atoms with E-state index >= 15 is 0 Å². The van der Waals surface area contributed by atoms with E-state index in [1.165, 1.54) is 5.56 Å². The molecule has 0 aromatic heterocycles.